The van der Waals surface area contributed by atoms with E-state index in [0.717, 1.165) is 6.07 Å². The van der Waals surface area contributed by atoms with Gasteiger partial charge in [-0.1, -0.05) is 26.8 Å². The number of hydrogen-bond acceptors (Lipinski definition) is 2. The standard InChI is InChI=1S/C11H13F3O2/c1-10(2,3)8-5-4-7(15)6-9(8)16-11(12,13)14/h4-6,15H,1-3H3. The smallest absolute Gasteiger partial charge is 0.508 e. The number of hydrogen-bond donors (Lipinski definition) is 1. The van der Waals surface area contributed by atoms with Gasteiger partial charge in [-0.15, -0.1) is 13.2 Å². The fourth-order valence-corrected chi connectivity index (χ4v) is 1.34. The van der Waals surface area contributed by atoms with Crippen LogP contribution in [0.4, 0.5) is 13.2 Å². The molecule has 0 saturated carbocycles. The minimum Gasteiger partial charge on any atom is -0.508 e. The second-order valence-electron chi connectivity index (χ2n) is 4.48. The topological polar surface area (TPSA) is 29.5 Å². The molecule has 0 aromatic heterocycles. The van der Waals surface area contributed by atoms with E-state index >= 15 is 0 Å². The lowest BCUT2D eigenvalue weighted by atomic mass is 9.86. The molecule has 0 radical (unpaired) electrons. The van der Waals surface area contributed by atoms with Crippen LogP contribution in [0.3, 0.4) is 0 Å². The molecule has 0 aliphatic rings. The molecule has 16 heavy (non-hydrogen) atoms. The Kier molecular flexibility index (Phi) is 3.08. The van der Waals surface area contributed by atoms with Gasteiger partial charge in [0.1, 0.15) is 11.5 Å². The first-order valence-electron chi connectivity index (χ1n) is 4.69. The summed E-state index contributed by atoms with van der Waals surface area (Å²) in [4.78, 5) is 0. The first kappa shape index (κ1) is 12.7. The first-order chi connectivity index (χ1) is 7.09. The summed E-state index contributed by atoms with van der Waals surface area (Å²) in [5.74, 6) is -0.618. The number of aromatic hydroxyl groups is 1. The highest BCUT2D eigenvalue weighted by Crippen LogP contribution is 2.36. The average Bonchev–Trinajstić information content (AvgIpc) is 1.97. The van der Waals surface area contributed by atoms with E-state index in [1.165, 1.54) is 12.1 Å². The van der Waals surface area contributed by atoms with Gasteiger partial charge in [-0.25, -0.2) is 0 Å². The van der Waals surface area contributed by atoms with Gasteiger partial charge in [-0.2, -0.15) is 0 Å². The summed E-state index contributed by atoms with van der Waals surface area (Å²) >= 11 is 0. The molecule has 1 aromatic rings. The molecule has 2 nitrogen and oxygen atoms in total. The minimum atomic E-state index is -4.76. The Bertz CT molecular complexity index is 378. The highest BCUT2D eigenvalue weighted by molar-refractivity contribution is 5.43. The van der Waals surface area contributed by atoms with Crippen LogP contribution in [0.25, 0.3) is 0 Å². The number of phenols is 1. The highest BCUT2D eigenvalue weighted by Gasteiger charge is 2.33. The second-order valence-corrected chi connectivity index (χ2v) is 4.48. The molecule has 0 fully saturated rings. The van der Waals surface area contributed by atoms with Crippen LogP contribution in [0.5, 0.6) is 11.5 Å². The van der Waals surface area contributed by atoms with Gasteiger partial charge >= 0.3 is 6.36 Å². The molecule has 5 heteroatoms. The van der Waals surface area contributed by atoms with Crippen molar-refractivity contribution >= 4 is 0 Å². The average molecular weight is 234 g/mol. The number of phenolic OH excluding ortho intramolecular Hbond substituents is 1. The maximum Gasteiger partial charge on any atom is 0.573 e. The first-order valence-corrected chi connectivity index (χ1v) is 4.69. The number of benzene rings is 1. The van der Waals surface area contributed by atoms with Gasteiger partial charge in [-0.05, 0) is 11.5 Å². The monoisotopic (exact) mass is 234 g/mol. The van der Waals surface area contributed by atoms with Crippen molar-refractivity contribution in [3.63, 3.8) is 0 Å². The zero-order valence-electron chi connectivity index (χ0n) is 9.22. The molecule has 90 valence electrons. The van der Waals surface area contributed by atoms with Gasteiger partial charge < -0.3 is 9.84 Å². The van der Waals surface area contributed by atoms with Gasteiger partial charge in [-0.3, -0.25) is 0 Å². The van der Waals surface area contributed by atoms with Gasteiger partial charge in [0.15, 0.2) is 0 Å². The summed E-state index contributed by atoms with van der Waals surface area (Å²) < 4.78 is 40.3. The molecule has 0 spiro atoms. The largest absolute Gasteiger partial charge is 0.573 e. The summed E-state index contributed by atoms with van der Waals surface area (Å²) in [5.41, 5.74) is -0.100. The van der Waals surface area contributed by atoms with Crippen molar-refractivity contribution in [2.75, 3.05) is 0 Å². The molecular weight excluding hydrogens is 221 g/mol. The number of halogens is 3. The molecule has 0 saturated heterocycles. The summed E-state index contributed by atoms with van der Waals surface area (Å²) in [5, 5.41) is 9.15. The lowest BCUT2D eigenvalue weighted by Crippen LogP contribution is -2.21. The number of alkyl halides is 3. The molecule has 0 atom stereocenters. The lowest BCUT2D eigenvalue weighted by Gasteiger charge is -2.23. The van der Waals surface area contributed by atoms with E-state index in [9.17, 15) is 13.2 Å². The summed E-state index contributed by atoms with van der Waals surface area (Å²) in [7, 11) is 0. The molecular formula is C11H13F3O2. The molecule has 0 aliphatic heterocycles. The van der Waals surface area contributed by atoms with Crippen molar-refractivity contribution in [3.05, 3.63) is 23.8 Å². The molecule has 0 heterocycles. The third kappa shape index (κ3) is 3.32. The Hall–Kier alpha value is -1.39. The van der Waals surface area contributed by atoms with Crippen molar-refractivity contribution in [2.45, 2.75) is 32.5 Å². The second kappa shape index (κ2) is 3.88. The zero-order valence-corrected chi connectivity index (χ0v) is 9.22. The predicted molar refractivity (Wildman–Crippen MR) is 53.5 cm³/mol. The lowest BCUT2D eigenvalue weighted by molar-refractivity contribution is -0.275. The molecule has 0 amide bonds. The quantitative estimate of drug-likeness (QED) is 0.804. The van der Waals surface area contributed by atoms with Crippen LogP contribution >= 0.6 is 0 Å². The van der Waals surface area contributed by atoms with Crippen LogP contribution in [0, 0.1) is 0 Å². The van der Waals surface area contributed by atoms with E-state index in [0.29, 0.717) is 5.56 Å². The van der Waals surface area contributed by atoms with Gasteiger partial charge in [0.2, 0.25) is 0 Å². The fourth-order valence-electron chi connectivity index (χ4n) is 1.34. The maximum absolute atomic E-state index is 12.1. The van der Waals surface area contributed by atoms with Crippen LogP contribution in [0.1, 0.15) is 26.3 Å². The van der Waals surface area contributed by atoms with E-state index in [4.69, 9.17) is 5.11 Å². The van der Waals surface area contributed by atoms with Crippen molar-refractivity contribution in [3.8, 4) is 11.5 Å². The van der Waals surface area contributed by atoms with E-state index in [-0.39, 0.29) is 11.5 Å². The molecule has 0 unspecified atom stereocenters. The van der Waals surface area contributed by atoms with Crippen LogP contribution in [-0.4, -0.2) is 11.5 Å². The fraction of sp³-hybridized carbons (Fsp3) is 0.455. The summed E-state index contributed by atoms with van der Waals surface area (Å²) in [6.45, 7) is 5.30. The van der Waals surface area contributed by atoms with Crippen molar-refractivity contribution < 1.29 is 23.0 Å². The zero-order chi connectivity index (χ0) is 12.6. The predicted octanol–water partition coefficient (Wildman–Crippen LogP) is 3.59. The van der Waals surface area contributed by atoms with Crippen LogP contribution in [0.2, 0.25) is 0 Å². The highest BCUT2D eigenvalue weighted by atomic mass is 19.4. The molecule has 0 bridgehead atoms. The van der Waals surface area contributed by atoms with Crippen molar-refractivity contribution in [1.29, 1.82) is 0 Å². The normalized spacial score (nSPS) is 12.6. The van der Waals surface area contributed by atoms with E-state index < -0.39 is 11.8 Å². The molecule has 1 N–H and O–H groups in total. The SMILES string of the molecule is CC(C)(C)c1ccc(O)cc1OC(F)(F)F. The number of ether oxygens (including phenoxy) is 1. The van der Waals surface area contributed by atoms with E-state index in [1.807, 2.05) is 0 Å². The third-order valence-corrected chi connectivity index (χ3v) is 2.00. The molecule has 1 aromatic carbocycles. The van der Waals surface area contributed by atoms with E-state index in [1.54, 1.807) is 20.8 Å². The van der Waals surface area contributed by atoms with Crippen molar-refractivity contribution in [2.24, 2.45) is 0 Å². The Morgan fingerprint density at radius 3 is 2.12 bits per heavy atom. The number of rotatable bonds is 1. The Balaban J connectivity index is 3.19. The van der Waals surface area contributed by atoms with Crippen LogP contribution in [0.15, 0.2) is 18.2 Å². The maximum atomic E-state index is 12.1. The van der Waals surface area contributed by atoms with Gasteiger partial charge in [0.05, 0.1) is 0 Å². The minimum absolute atomic E-state index is 0.257. The van der Waals surface area contributed by atoms with Crippen molar-refractivity contribution in [1.82, 2.24) is 0 Å². The summed E-state index contributed by atoms with van der Waals surface area (Å²) in [6.07, 6.45) is -4.76. The molecule has 0 aliphatic carbocycles. The Morgan fingerprint density at radius 1 is 1.12 bits per heavy atom. The van der Waals surface area contributed by atoms with Crippen LogP contribution < -0.4 is 4.74 Å². The molecule has 1 rings (SSSR count). The Labute approximate surface area is 91.7 Å². The van der Waals surface area contributed by atoms with Crippen LogP contribution in [-0.2, 0) is 5.41 Å². The summed E-state index contributed by atoms with van der Waals surface area (Å²) in [6, 6.07) is 3.73. The van der Waals surface area contributed by atoms with Gasteiger partial charge in [0, 0.05) is 11.6 Å². The van der Waals surface area contributed by atoms with E-state index in [2.05, 4.69) is 4.74 Å². The Morgan fingerprint density at radius 2 is 1.69 bits per heavy atom. The third-order valence-electron chi connectivity index (χ3n) is 2.00. The van der Waals surface area contributed by atoms with Gasteiger partial charge in [0.25, 0.3) is 0 Å².